The molecule has 2 rings (SSSR count). The molecule has 21 heavy (non-hydrogen) atoms. The van der Waals surface area contributed by atoms with Crippen molar-refractivity contribution in [3.8, 4) is 6.07 Å². The standard InChI is InChI=1S/C14H11FN4O2/c1-21-14(20)10-4-5-18-13(12(10)17)19-9-2-3-11(15)8(6-9)7-16/h2-6H,17H2,1H3,(H,18,19). The summed E-state index contributed by atoms with van der Waals surface area (Å²) in [6, 6.07) is 7.07. The van der Waals surface area contributed by atoms with Crippen molar-refractivity contribution in [3.05, 3.63) is 47.4 Å². The summed E-state index contributed by atoms with van der Waals surface area (Å²) in [4.78, 5) is 15.5. The van der Waals surface area contributed by atoms with Gasteiger partial charge < -0.3 is 15.8 Å². The lowest BCUT2D eigenvalue weighted by Crippen LogP contribution is -2.09. The van der Waals surface area contributed by atoms with E-state index in [4.69, 9.17) is 11.0 Å². The van der Waals surface area contributed by atoms with E-state index in [0.29, 0.717) is 5.69 Å². The van der Waals surface area contributed by atoms with Crippen molar-refractivity contribution in [2.45, 2.75) is 0 Å². The summed E-state index contributed by atoms with van der Waals surface area (Å²) in [5.41, 5.74) is 6.43. The fraction of sp³-hybridized carbons (Fsp3) is 0.0714. The van der Waals surface area contributed by atoms with E-state index < -0.39 is 11.8 Å². The lowest BCUT2D eigenvalue weighted by Gasteiger charge is -2.11. The van der Waals surface area contributed by atoms with Crippen molar-refractivity contribution in [1.82, 2.24) is 4.98 Å². The van der Waals surface area contributed by atoms with Crippen molar-refractivity contribution >= 4 is 23.2 Å². The van der Waals surface area contributed by atoms with Crippen LogP contribution < -0.4 is 11.1 Å². The summed E-state index contributed by atoms with van der Waals surface area (Å²) in [5.74, 6) is -0.990. The number of nitrogen functional groups attached to an aromatic ring is 1. The van der Waals surface area contributed by atoms with Gasteiger partial charge in [-0.1, -0.05) is 0 Å². The molecule has 1 heterocycles. The molecule has 3 N–H and O–H groups in total. The van der Waals surface area contributed by atoms with Gasteiger partial charge in [0.1, 0.15) is 11.9 Å². The van der Waals surface area contributed by atoms with Crippen molar-refractivity contribution in [2.24, 2.45) is 0 Å². The van der Waals surface area contributed by atoms with Gasteiger partial charge in [-0.25, -0.2) is 14.2 Å². The van der Waals surface area contributed by atoms with Crippen LogP contribution in [0.5, 0.6) is 0 Å². The molecule has 106 valence electrons. The van der Waals surface area contributed by atoms with E-state index >= 15 is 0 Å². The molecule has 0 atom stereocenters. The van der Waals surface area contributed by atoms with Gasteiger partial charge in [-0.3, -0.25) is 0 Å². The van der Waals surface area contributed by atoms with Gasteiger partial charge in [-0.2, -0.15) is 5.26 Å². The number of hydrogen-bond acceptors (Lipinski definition) is 6. The number of esters is 1. The number of aromatic nitrogens is 1. The molecule has 6 nitrogen and oxygen atoms in total. The Morgan fingerprint density at radius 2 is 2.24 bits per heavy atom. The van der Waals surface area contributed by atoms with Crippen LogP contribution in [0.1, 0.15) is 15.9 Å². The third-order valence-electron chi connectivity index (χ3n) is 2.74. The number of carbonyl (C=O) groups is 1. The molecule has 7 heteroatoms. The van der Waals surface area contributed by atoms with Crippen molar-refractivity contribution in [3.63, 3.8) is 0 Å². The molecule has 0 spiro atoms. The number of carbonyl (C=O) groups excluding carboxylic acids is 1. The maximum atomic E-state index is 13.3. The summed E-state index contributed by atoms with van der Waals surface area (Å²) >= 11 is 0. The molecule has 0 saturated heterocycles. The summed E-state index contributed by atoms with van der Waals surface area (Å²) < 4.78 is 17.9. The minimum atomic E-state index is -0.618. The van der Waals surface area contributed by atoms with E-state index in [2.05, 4.69) is 15.0 Å². The Hall–Kier alpha value is -3.14. The second kappa shape index (κ2) is 5.88. The lowest BCUT2D eigenvalue weighted by atomic mass is 10.2. The Bertz CT molecular complexity index is 740. The second-order valence-electron chi connectivity index (χ2n) is 4.04. The monoisotopic (exact) mass is 286 g/mol. The average molecular weight is 286 g/mol. The summed E-state index contributed by atoms with van der Waals surface area (Å²) in [7, 11) is 1.24. The van der Waals surface area contributed by atoms with Crippen LogP contribution in [0.15, 0.2) is 30.5 Å². The van der Waals surface area contributed by atoms with Crippen LogP contribution in [0.4, 0.5) is 21.6 Å². The molecule has 1 aromatic carbocycles. The summed E-state index contributed by atoms with van der Waals surface area (Å²) in [5, 5.41) is 11.6. The molecular weight excluding hydrogens is 275 g/mol. The van der Waals surface area contributed by atoms with E-state index in [0.717, 1.165) is 6.07 Å². The van der Waals surface area contributed by atoms with Gasteiger partial charge in [-0.05, 0) is 24.3 Å². The van der Waals surface area contributed by atoms with Gasteiger partial charge in [-0.15, -0.1) is 0 Å². The number of methoxy groups -OCH3 is 1. The maximum Gasteiger partial charge on any atom is 0.340 e. The molecule has 0 aliphatic heterocycles. The van der Waals surface area contributed by atoms with Gasteiger partial charge in [0.15, 0.2) is 5.82 Å². The zero-order chi connectivity index (χ0) is 15.4. The number of benzene rings is 1. The number of pyridine rings is 1. The molecule has 0 radical (unpaired) electrons. The molecular formula is C14H11FN4O2. The Morgan fingerprint density at radius 3 is 2.90 bits per heavy atom. The van der Waals surface area contributed by atoms with Crippen molar-refractivity contribution < 1.29 is 13.9 Å². The highest BCUT2D eigenvalue weighted by molar-refractivity contribution is 5.97. The highest BCUT2D eigenvalue weighted by atomic mass is 19.1. The molecule has 0 bridgehead atoms. The number of nitrogens with zero attached hydrogens (tertiary/aromatic N) is 2. The van der Waals surface area contributed by atoms with Gasteiger partial charge >= 0.3 is 5.97 Å². The first-order chi connectivity index (χ1) is 10.1. The summed E-state index contributed by atoms with van der Waals surface area (Å²) in [6.07, 6.45) is 1.39. The Balaban J connectivity index is 2.37. The fourth-order valence-corrected chi connectivity index (χ4v) is 1.69. The zero-order valence-electron chi connectivity index (χ0n) is 11.1. The molecule has 0 amide bonds. The first-order valence-electron chi connectivity index (χ1n) is 5.86. The lowest BCUT2D eigenvalue weighted by molar-refractivity contribution is 0.0602. The predicted octanol–water partition coefficient (Wildman–Crippen LogP) is 2.20. The molecule has 0 saturated carbocycles. The smallest absolute Gasteiger partial charge is 0.340 e. The van der Waals surface area contributed by atoms with E-state index in [1.807, 2.05) is 0 Å². The Morgan fingerprint density at radius 1 is 1.48 bits per heavy atom. The molecule has 1 aromatic heterocycles. The van der Waals surface area contributed by atoms with Crippen LogP contribution in [0.2, 0.25) is 0 Å². The summed E-state index contributed by atoms with van der Waals surface area (Å²) in [6.45, 7) is 0. The largest absolute Gasteiger partial charge is 0.465 e. The first kappa shape index (κ1) is 14.3. The maximum absolute atomic E-state index is 13.3. The zero-order valence-corrected chi connectivity index (χ0v) is 11.1. The third-order valence-corrected chi connectivity index (χ3v) is 2.74. The highest BCUT2D eigenvalue weighted by Crippen LogP contribution is 2.25. The third kappa shape index (κ3) is 2.90. The van der Waals surface area contributed by atoms with Crippen molar-refractivity contribution in [2.75, 3.05) is 18.2 Å². The van der Waals surface area contributed by atoms with Crippen molar-refractivity contribution in [1.29, 1.82) is 5.26 Å². The van der Waals surface area contributed by atoms with Crippen LogP contribution in [-0.4, -0.2) is 18.1 Å². The van der Waals surface area contributed by atoms with E-state index in [1.165, 1.54) is 31.5 Å². The SMILES string of the molecule is COC(=O)c1ccnc(Nc2ccc(F)c(C#N)c2)c1N. The van der Waals surface area contributed by atoms with E-state index in [-0.39, 0.29) is 22.6 Å². The molecule has 2 aromatic rings. The van der Waals surface area contributed by atoms with Gasteiger partial charge in [0, 0.05) is 11.9 Å². The van der Waals surface area contributed by atoms with Gasteiger partial charge in [0.25, 0.3) is 0 Å². The average Bonchev–Trinajstić information content (AvgIpc) is 2.50. The topological polar surface area (TPSA) is 101 Å². The quantitative estimate of drug-likeness (QED) is 0.839. The minimum Gasteiger partial charge on any atom is -0.465 e. The molecule has 0 aliphatic rings. The highest BCUT2D eigenvalue weighted by Gasteiger charge is 2.14. The van der Waals surface area contributed by atoms with E-state index in [9.17, 15) is 9.18 Å². The van der Waals surface area contributed by atoms with Crippen LogP contribution in [0.25, 0.3) is 0 Å². The number of nitrogens with one attached hydrogen (secondary N) is 1. The minimum absolute atomic E-state index is 0.104. The number of anilines is 3. The fourth-order valence-electron chi connectivity index (χ4n) is 1.69. The van der Waals surface area contributed by atoms with Crippen LogP contribution in [0, 0.1) is 17.1 Å². The number of ether oxygens (including phenoxy) is 1. The molecule has 0 fully saturated rings. The number of rotatable bonds is 3. The van der Waals surface area contributed by atoms with Crippen LogP contribution in [-0.2, 0) is 4.74 Å². The number of halogens is 1. The molecule has 0 unspecified atom stereocenters. The predicted molar refractivity (Wildman–Crippen MR) is 74.4 cm³/mol. The van der Waals surface area contributed by atoms with Gasteiger partial charge in [0.05, 0.1) is 23.9 Å². The number of nitrogens with two attached hydrogens (primary N) is 1. The molecule has 0 aliphatic carbocycles. The second-order valence-corrected chi connectivity index (χ2v) is 4.04. The van der Waals surface area contributed by atoms with Crippen LogP contribution >= 0.6 is 0 Å². The Labute approximate surface area is 120 Å². The van der Waals surface area contributed by atoms with E-state index in [1.54, 1.807) is 6.07 Å². The van der Waals surface area contributed by atoms with Gasteiger partial charge in [0.2, 0.25) is 0 Å². The first-order valence-corrected chi connectivity index (χ1v) is 5.86. The Kier molecular flexibility index (Phi) is 4.00. The number of nitriles is 1. The normalized spacial score (nSPS) is 9.76. The van der Waals surface area contributed by atoms with Crippen LogP contribution in [0.3, 0.4) is 0 Å². The number of hydrogen-bond donors (Lipinski definition) is 2.